The van der Waals surface area contributed by atoms with Crippen LogP contribution >= 0.6 is 0 Å². The third-order valence-corrected chi connectivity index (χ3v) is 10.6. The third kappa shape index (κ3) is 3.98. The summed E-state index contributed by atoms with van der Waals surface area (Å²) in [6.07, 6.45) is 4.81. The first kappa shape index (κ1) is 27.6. The molecule has 4 unspecified atom stereocenters. The summed E-state index contributed by atoms with van der Waals surface area (Å²) in [4.78, 5) is 13.0. The van der Waals surface area contributed by atoms with Crippen molar-refractivity contribution >= 4 is 43.6 Å². The van der Waals surface area contributed by atoms with Crippen molar-refractivity contribution in [1.82, 2.24) is 24.0 Å². The molecule has 4 atom stereocenters. The van der Waals surface area contributed by atoms with Crippen molar-refractivity contribution in [2.45, 2.75) is 18.2 Å². The molecule has 9 aromatic rings. The summed E-state index contributed by atoms with van der Waals surface area (Å²) in [6.45, 7) is 0. The van der Waals surface area contributed by atoms with Crippen molar-refractivity contribution in [1.29, 1.82) is 0 Å². The van der Waals surface area contributed by atoms with Crippen molar-refractivity contribution in [3.8, 4) is 28.2 Å². The van der Waals surface area contributed by atoms with Crippen LogP contribution in [0.5, 0.6) is 0 Å². The Morgan fingerprint density at radius 1 is 0.460 bits per heavy atom. The largest absolute Gasteiger partial charge is 0.322 e. The lowest BCUT2D eigenvalue weighted by molar-refractivity contribution is 0.398. The summed E-state index contributed by atoms with van der Waals surface area (Å²) in [5.41, 5.74) is 10.2. The summed E-state index contributed by atoms with van der Waals surface area (Å²) < 4.78 is 4.98. The second kappa shape index (κ2) is 10.6. The fourth-order valence-electron chi connectivity index (χ4n) is 8.43. The van der Waals surface area contributed by atoms with Crippen molar-refractivity contribution < 1.29 is 0 Å². The molecule has 50 heavy (non-hydrogen) atoms. The van der Waals surface area contributed by atoms with Gasteiger partial charge in [-0.25, -0.2) is 9.97 Å². The summed E-state index contributed by atoms with van der Waals surface area (Å²) in [5, 5.41) is 5.17. The Hall–Kier alpha value is -6.30. The topological polar surface area (TPSA) is 38.6 Å². The molecule has 0 N–H and O–H groups in total. The maximum Gasteiger partial charge on any atom is 0.150 e. The highest BCUT2D eigenvalue weighted by molar-refractivity contribution is 6.28. The lowest BCUT2D eigenvalue weighted by Crippen LogP contribution is -2.13. The molecule has 11 rings (SSSR count). The molecule has 1 saturated heterocycles. The van der Waals surface area contributed by atoms with Gasteiger partial charge in [0.05, 0.1) is 45.5 Å². The molecule has 236 valence electrons. The summed E-state index contributed by atoms with van der Waals surface area (Å²) >= 11 is 0. The second-order valence-electron chi connectivity index (χ2n) is 13.3. The monoisotopic (exact) mass is 641 g/mol. The van der Waals surface area contributed by atoms with E-state index in [9.17, 15) is 0 Å². The zero-order valence-corrected chi connectivity index (χ0v) is 27.1. The van der Waals surface area contributed by atoms with Gasteiger partial charge in [0.25, 0.3) is 0 Å². The van der Waals surface area contributed by atoms with Crippen LogP contribution in [0.3, 0.4) is 0 Å². The van der Waals surface area contributed by atoms with Crippen molar-refractivity contribution in [2.24, 2.45) is 0 Å². The van der Waals surface area contributed by atoms with Gasteiger partial charge >= 0.3 is 0 Å². The van der Waals surface area contributed by atoms with Crippen LogP contribution in [-0.2, 0) is 0 Å². The molecule has 0 aliphatic carbocycles. The van der Waals surface area contributed by atoms with Crippen molar-refractivity contribution in [3.63, 3.8) is 0 Å². The van der Waals surface area contributed by atoms with Crippen LogP contribution in [0, 0.1) is 0 Å². The van der Waals surface area contributed by atoms with Gasteiger partial charge in [-0.2, -0.15) is 0 Å². The van der Waals surface area contributed by atoms with E-state index < -0.39 is 0 Å². The fourth-order valence-corrected chi connectivity index (χ4v) is 8.43. The lowest BCUT2D eigenvalue weighted by Gasteiger charge is -2.17. The van der Waals surface area contributed by atoms with E-state index in [2.05, 4.69) is 172 Å². The molecule has 3 aromatic heterocycles. The van der Waals surface area contributed by atoms with Crippen LogP contribution in [0.15, 0.2) is 170 Å². The number of hydrogen-bond acceptors (Lipinski definition) is 3. The van der Waals surface area contributed by atoms with E-state index in [4.69, 9.17) is 9.97 Å². The van der Waals surface area contributed by atoms with E-state index in [1.54, 1.807) is 0 Å². The Labute approximate surface area is 289 Å². The van der Waals surface area contributed by atoms with E-state index in [1.165, 1.54) is 49.3 Å². The predicted octanol–water partition coefficient (Wildman–Crippen LogP) is 10.5. The van der Waals surface area contributed by atoms with Crippen LogP contribution in [0.25, 0.3) is 71.8 Å². The van der Waals surface area contributed by atoms with Crippen LogP contribution in [0.4, 0.5) is 0 Å². The molecule has 0 radical (unpaired) electrons. The highest BCUT2D eigenvalue weighted by Gasteiger charge is 2.56. The lowest BCUT2D eigenvalue weighted by atomic mass is 10.1. The zero-order chi connectivity index (χ0) is 32.8. The van der Waals surface area contributed by atoms with Crippen LogP contribution in [0.2, 0.25) is 0 Å². The molecular weight excluding hydrogens is 611 g/mol. The second-order valence-corrected chi connectivity index (χ2v) is 13.3. The molecule has 2 aliphatic rings. The van der Waals surface area contributed by atoms with Gasteiger partial charge in [-0.3, -0.25) is 4.90 Å². The SMILES string of the molecule is C1=CC2C(n3c4ccccc4c4c5c6ccccc6n(-c6ccccc6)c5ccc43)N2C1c1nc(-c2ccccc2)cc(-c2ccccc2)n1. The average Bonchev–Trinajstić information content (AvgIpc) is 3.45. The summed E-state index contributed by atoms with van der Waals surface area (Å²) in [7, 11) is 0. The number of benzene rings is 6. The predicted molar refractivity (Wildman–Crippen MR) is 203 cm³/mol. The van der Waals surface area contributed by atoms with Gasteiger partial charge < -0.3 is 9.13 Å². The summed E-state index contributed by atoms with van der Waals surface area (Å²) in [6, 6.07) is 56.4. The smallest absolute Gasteiger partial charge is 0.150 e. The number of nitrogens with zero attached hydrogens (tertiary/aromatic N) is 5. The molecule has 0 saturated carbocycles. The van der Waals surface area contributed by atoms with Gasteiger partial charge in [-0.1, -0.05) is 127 Å². The first-order valence-electron chi connectivity index (χ1n) is 17.3. The van der Waals surface area contributed by atoms with E-state index >= 15 is 0 Å². The number of hydrogen-bond donors (Lipinski definition) is 0. The third-order valence-electron chi connectivity index (χ3n) is 10.6. The molecule has 0 spiro atoms. The molecule has 0 amide bonds. The van der Waals surface area contributed by atoms with E-state index in [1.807, 2.05) is 12.1 Å². The molecule has 0 bridgehead atoms. The standard InChI is InChI=1S/C45H31N5/c1-4-14-29(15-5-1)34-28-35(30-16-6-2-7-17-30)47-44(46-34)40-26-27-41-45(50(40)41)49-37-23-13-11-21-33(37)43-39(49)25-24-38-42(43)32-20-10-12-22-36(32)48(38)31-18-8-3-9-19-31/h1-28,40-41,45H. The Balaban J connectivity index is 1.09. The average molecular weight is 642 g/mol. The molecule has 5 nitrogen and oxygen atoms in total. The molecule has 5 heterocycles. The Bertz CT molecular complexity index is 2720. The van der Waals surface area contributed by atoms with Crippen molar-refractivity contribution in [3.05, 3.63) is 176 Å². The van der Waals surface area contributed by atoms with Gasteiger partial charge in [0.2, 0.25) is 0 Å². The number of rotatable bonds is 5. The number of aromatic nitrogens is 4. The van der Waals surface area contributed by atoms with E-state index in [0.29, 0.717) is 0 Å². The van der Waals surface area contributed by atoms with Crippen LogP contribution < -0.4 is 0 Å². The maximum absolute atomic E-state index is 5.22. The Morgan fingerprint density at radius 3 is 1.68 bits per heavy atom. The Kier molecular flexibility index (Phi) is 5.86. The molecule has 2 aliphatic heterocycles. The fraction of sp³-hybridized carbons (Fsp3) is 0.0667. The number of para-hydroxylation sites is 3. The molecular formula is C45H31N5. The minimum Gasteiger partial charge on any atom is -0.322 e. The number of fused-ring (bicyclic) bond motifs is 8. The normalized spacial score (nSPS) is 19.5. The quantitative estimate of drug-likeness (QED) is 0.139. The van der Waals surface area contributed by atoms with Crippen LogP contribution in [-0.4, -0.2) is 30.0 Å². The first-order valence-corrected chi connectivity index (χ1v) is 17.3. The highest BCUT2D eigenvalue weighted by atomic mass is 15.5. The van der Waals surface area contributed by atoms with Gasteiger partial charge in [0, 0.05) is 38.4 Å². The maximum atomic E-state index is 5.22. The highest BCUT2D eigenvalue weighted by Crippen LogP contribution is 2.55. The van der Waals surface area contributed by atoms with Crippen LogP contribution in [0.1, 0.15) is 18.0 Å². The summed E-state index contributed by atoms with van der Waals surface area (Å²) in [5.74, 6) is 0.834. The molecule has 1 fully saturated rings. The van der Waals surface area contributed by atoms with Gasteiger partial charge in [0.1, 0.15) is 6.17 Å². The van der Waals surface area contributed by atoms with Crippen molar-refractivity contribution in [2.75, 3.05) is 0 Å². The van der Waals surface area contributed by atoms with E-state index in [-0.39, 0.29) is 18.2 Å². The zero-order valence-electron chi connectivity index (χ0n) is 27.1. The minimum absolute atomic E-state index is 0.0314. The van der Waals surface area contributed by atoms with Gasteiger partial charge in [0.15, 0.2) is 5.82 Å². The minimum atomic E-state index is -0.0314. The van der Waals surface area contributed by atoms with E-state index in [0.717, 1.165) is 28.3 Å². The molecule has 6 aromatic carbocycles. The van der Waals surface area contributed by atoms with Gasteiger partial charge in [-0.05, 0) is 42.5 Å². The van der Waals surface area contributed by atoms with Gasteiger partial charge in [-0.15, -0.1) is 0 Å². The Morgan fingerprint density at radius 2 is 1.00 bits per heavy atom. The first-order chi connectivity index (χ1) is 24.8. The molecule has 5 heteroatoms.